The van der Waals surface area contributed by atoms with Gasteiger partial charge in [0.2, 0.25) is 0 Å². The molecule has 0 amide bonds. The van der Waals surface area contributed by atoms with Gasteiger partial charge in [-0.05, 0) is 74.2 Å². The van der Waals surface area contributed by atoms with Gasteiger partial charge in [-0.2, -0.15) is 0 Å². The van der Waals surface area contributed by atoms with Crippen molar-refractivity contribution in [2.24, 2.45) is 23.7 Å². The van der Waals surface area contributed by atoms with Gasteiger partial charge in [-0.3, -0.25) is 0 Å². The van der Waals surface area contributed by atoms with Gasteiger partial charge in [-0.15, -0.1) is 0 Å². The maximum Gasteiger partial charge on any atom is 0.178 e. The number of rotatable bonds is 3. The van der Waals surface area contributed by atoms with Gasteiger partial charge in [-0.1, -0.05) is 6.07 Å². The van der Waals surface area contributed by atoms with Crippen LogP contribution in [0.25, 0.3) is 11.0 Å². The van der Waals surface area contributed by atoms with Crippen molar-refractivity contribution in [1.29, 1.82) is 0 Å². The van der Waals surface area contributed by atoms with Crippen molar-refractivity contribution in [1.82, 2.24) is 9.55 Å². The predicted molar refractivity (Wildman–Crippen MR) is 85.1 cm³/mol. The fourth-order valence-electron chi connectivity index (χ4n) is 5.32. The lowest BCUT2D eigenvalue weighted by Crippen LogP contribution is -2.05. The van der Waals surface area contributed by atoms with E-state index in [4.69, 9.17) is 17.0 Å². The average Bonchev–Trinajstić information content (AvgIpc) is 2.83. The zero-order valence-electron chi connectivity index (χ0n) is 12.2. The van der Waals surface area contributed by atoms with Crippen LogP contribution in [-0.2, 0) is 0 Å². The molecule has 5 rings (SSSR count). The predicted octanol–water partition coefficient (Wildman–Crippen LogP) is 4.31. The van der Waals surface area contributed by atoms with Gasteiger partial charge >= 0.3 is 0 Å². The van der Waals surface area contributed by atoms with E-state index < -0.39 is 0 Å². The number of para-hydroxylation sites is 1. The van der Waals surface area contributed by atoms with E-state index in [9.17, 15) is 0 Å². The van der Waals surface area contributed by atoms with Gasteiger partial charge in [0.15, 0.2) is 4.77 Å². The van der Waals surface area contributed by atoms with Crippen molar-refractivity contribution in [3.63, 3.8) is 0 Å². The summed E-state index contributed by atoms with van der Waals surface area (Å²) in [5.74, 6) is 4.64. The Morgan fingerprint density at radius 3 is 2.76 bits per heavy atom. The SMILES string of the molecule is CCOc1cccc2c1[nH]c(=S)n2C1C2C3CCC(C3)C21. The van der Waals surface area contributed by atoms with Crippen LogP contribution in [0.5, 0.6) is 5.75 Å². The molecular formula is C17H20N2OS. The summed E-state index contributed by atoms with van der Waals surface area (Å²) in [6, 6.07) is 6.94. The molecule has 0 aliphatic heterocycles. The minimum atomic E-state index is 0.648. The lowest BCUT2D eigenvalue weighted by Gasteiger charge is -2.11. The second kappa shape index (κ2) is 4.13. The minimum Gasteiger partial charge on any atom is -0.492 e. The third kappa shape index (κ3) is 1.52. The zero-order valence-corrected chi connectivity index (χ0v) is 13.0. The Morgan fingerprint density at radius 2 is 2.05 bits per heavy atom. The Kier molecular flexibility index (Phi) is 2.41. The zero-order chi connectivity index (χ0) is 14.1. The lowest BCUT2D eigenvalue weighted by molar-refractivity contribution is 0.343. The maximum absolute atomic E-state index is 5.75. The molecule has 1 N–H and O–H groups in total. The van der Waals surface area contributed by atoms with Crippen LogP contribution in [0.4, 0.5) is 0 Å². The van der Waals surface area contributed by atoms with Crippen molar-refractivity contribution in [3.05, 3.63) is 23.0 Å². The standard InChI is InChI=1S/C17H20N2OS/c1-2-20-12-5-3-4-11-15(12)18-17(21)19(11)16-13-9-6-7-10(8-9)14(13)16/h3-5,9-10,13-14,16H,2,6-8H2,1H3,(H,18,21). The molecule has 21 heavy (non-hydrogen) atoms. The Morgan fingerprint density at radius 1 is 1.29 bits per heavy atom. The monoisotopic (exact) mass is 300 g/mol. The van der Waals surface area contributed by atoms with Crippen LogP contribution in [0.15, 0.2) is 18.2 Å². The van der Waals surface area contributed by atoms with E-state index in [-0.39, 0.29) is 0 Å². The first-order chi connectivity index (χ1) is 10.3. The normalized spacial score (nSPS) is 36.1. The summed E-state index contributed by atoms with van der Waals surface area (Å²) in [7, 11) is 0. The minimum absolute atomic E-state index is 0.648. The van der Waals surface area contributed by atoms with E-state index in [0.29, 0.717) is 12.6 Å². The molecule has 1 heterocycles. The largest absolute Gasteiger partial charge is 0.492 e. The third-order valence-corrected chi connectivity index (χ3v) is 6.31. The van der Waals surface area contributed by atoms with Crippen LogP contribution in [0, 0.1) is 28.4 Å². The highest BCUT2D eigenvalue weighted by Crippen LogP contribution is 2.71. The highest BCUT2D eigenvalue weighted by Gasteiger charge is 2.66. The van der Waals surface area contributed by atoms with Crippen LogP contribution in [0.1, 0.15) is 32.2 Å². The molecule has 3 saturated carbocycles. The first kappa shape index (κ1) is 12.3. The molecule has 0 spiro atoms. The molecule has 3 aliphatic rings. The molecule has 0 radical (unpaired) electrons. The van der Waals surface area contributed by atoms with E-state index in [1.54, 1.807) is 0 Å². The average molecular weight is 300 g/mol. The molecular weight excluding hydrogens is 280 g/mol. The summed E-state index contributed by atoms with van der Waals surface area (Å²) in [5.41, 5.74) is 2.30. The van der Waals surface area contributed by atoms with Crippen molar-refractivity contribution < 1.29 is 4.74 Å². The van der Waals surface area contributed by atoms with Gasteiger partial charge in [-0.25, -0.2) is 0 Å². The van der Waals surface area contributed by atoms with E-state index in [2.05, 4.69) is 21.7 Å². The maximum atomic E-state index is 5.75. The second-order valence-corrected chi connectivity index (χ2v) is 7.25. The topological polar surface area (TPSA) is 29.9 Å². The summed E-state index contributed by atoms with van der Waals surface area (Å²) < 4.78 is 9.01. The summed E-state index contributed by atoms with van der Waals surface area (Å²) in [6.07, 6.45) is 4.37. The number of aromatic amines is 1. The number of aromatic nitrogens is 2. The smallest absolute Gasteiger partial charge is 0.178 e. The molecule has 4 heteroatoms. The fourth-order valence-corrected chi connectivity index (χ4v) is 5.64. The van der Waals surface area contributed by atoms with Gasteiger partial charge < -0.3 is 14.3 Å². The Balaban J connectivity index is 1.63. The van der Waals surface area contributed by atoms with Gasteiger partial charge in [0.1, 0.15) is 11.3 Å². The van der Waals surface area contributed by atoms with Crippen molar-refractivity contribution in [2.45, 2.75) is 32.2 Å². The van der Waals surface area contributed by atoms with E-state index in [1.165, 1.54) is 24.8 Å². The number of benzene rings is 1. The molecule has 110 valence electrons. The van der Waals surface area contributed by atoms with Crippen LogP contribution < -0.4 is 4.74 Å². The van der Waals surface area contributed by atoms with Crippen LogP contribution in [0.2, 0.25) is 0 Å². The first-order valence-electron chi connectivity index (χ1n) is 8.15. The molecule has 4 atom stereocenters. The first-order valence-corrected chi connectivity index (χ1v) is 8.56. The van der Waals surface area contributed by atoms with Gasteiger partial charge in [0.05, 0.1) is 12.1 Å². The van der Waals surface area contributed by atoms with Crippen LogP contribution in [-0.4, -0.2) is 16.2 Å². The summed E-state index contributed by atoms with van der Waals surface area (Å²) >= 11 is 5.64. The molecule has 1 aromatic heterocycles. The number of ether oxygens (including phenoxy) is 1. The van der Waals surface area contributed by atoms with E-state index in [1.807, 2.05) is 13.0 Å². The molecule has 4 unspecified atom stereocenters. The summed E-state index contributed by atoms with van der Waals surface area (Å²) in [6.45, 7) is 2.71. The molecule has 2 aromatic rings. The third-order valence-electron chi connectivity index (χ3n) is 6.01. The highest BCUT2D eigenvalue weighted by atomic mass is 32.1. The Labute approximate surface area is 129 Å². The number of nitrogens with zero attached hydrogens (tertiary/aromatic N) is 1. The summed E-state index contributed by atoms with van der Waals surface area (Å²) in [4.78, 5) is 3.39. The Hall–Kier alpha value is -1.29. The summed E-state index contributed by atoms with van der Waals surface area (Å²) in [5, 5.41) is 0. The molecule has 3 aliphatic carbocycles. The van der Waals surface area contributed by atoms with E-state index in [0.717, 1.165) is 39.7 Å². The fraction of sp³-hybridized carbons (Fsp3) is 0.588. The number of fused-ring (bicyclic) bond motifs is 6. The van der Waals surface area contributed by atoms with Gasteiger partial charge in [0, 0.05) is 6.04 Å². The van der Waals surface area contributed by atoms with Crippen LogP contribution >= 0.6 is 12.2 Å². The molecule has 1 aromatic carbocycles. The molecule has 0 saturated heterocycles. The molecule has 3 fully saturated rings. The molecule has 3 nitrogen and oxygen atoms in total. The van der Waals surface area contributed by atoms with Crippen molar-refractivity contribution in [2.75, 3.05) is 6.61 Å². The second-order valence-electron chi connectivity index (χ2n) is 6.86. The number of hydrogen-bond donors (Lipinski definition) is 1. The molecule has 2 bridgehead atoms. The van der Waals surface area contributed by atoms with Crippen LogP contribution in [0.3, 0.4) is 0 Å². The van der Waals surface area contributed by atoms with Crippen molar-refractivity contribution in [3.8, 4) is 5.75 Å². The number of H-pyrrole nitrogens is 1. The van der Waals surface area contributed by atoms with Crippen molar-refractivity contribution >= 4 is 23.3 Å². The number of hydrogen-bond acceptors (Lipinski definition) is 2. The van der Waals surface area contributed by atoms with E-state index >= 15 is 0 Å². The number of imidazole rings is 1. The Bertz CT molecular complexity index is 761. The lowest BCUT2D eigenvalue weighted by atomic mass is 10.0. The van der Waals surface area contributed by atoms with Gasteiger partial charge in [0.25, 0.3) is 0 Å². The number of nitrogens with one attached hydrogen (secondary N) is 1. The quantitative estimate of drug-likeness (QED) is 0.856. The highest BCUT2D eigenvalue weighted by molar-refractivity contribution is 7.71.